The van der Waals surface area contributed by atoms with Gasteiger partial charge in [-0.05, 0) is 12.3 Å². The van der Waals surface area contributed by atoms with Gasteiger partial charge in [-0.15, -0.1) is 0 Å². The van der Waals surface area contributed by atoms with Crippen LogP contribution in [0.3, 0.4) is 0 Å². The molecule has 0 atom stereocenters. The molecule has 0 aromatic heterocycles. The minimum atomic E-state index is -0.277. The standard InChI is InChI=1S/C8H14O2/c1-7(2)5-4-6-8(9)10-3/h4,6-7H,5H2,1-3H3. The molecule has 0 aromatic rings. The summed E-state index contributed by atoms with van der Waals surface area (Å²) in [6, 6.07) is 0. The number of hydrogen-bond acceptors (Lipinski definition) is 2. The molecular weight excluding hydrogens is 128 g/mol. The van der Waals surface area contributed by atoms with E-state index in [1.807, 2.05) is 6.08 Å². The molecule has 2 nitrogen and oxygen atoms in total. The van der Waals surface area contributed by atoms with Crippen LogP contribution in [-0.2, 0) is 9.53 Å². The van der Waals surface area contributed by atoms with Gasteiger partial charge in [0.1, 0.15) is 0 Å². The van der Waals surface area contributed by atoms with Gasteiger partial charge in [0.25, 0.3) is 0 Å². The van der Waals surface area contributed by atoms with Gasteiger partial charge in [0, 0.05) is 6.08 Å². The van der Waals surface area contributed by atoms with Crippen LogP contribution in [0.5, 0.6) is 0 Å². The van der Waals surface area contributed by atoms with Gasteiger partial charge in [-0.1, -0.05) is 19.9 Å². The number of allylic oxidation sites excluding steroid dienone is 1. The van der Waals surface area contributed by atoms with Crippen molar-refractivity contribution in [1.82, 2.24) is 0 Å². The number of hydrogen-bond donors (Lipinski definition) is 0. The molecule has 0 saturated carbocycles. The van der Waals surface area contributed by atoms with Crippen LogP contribution in [0.2, 0.25) is 0 Å². The van der Waals surface area contributed by atoms with E-state index in [0.717, 1.165) is 6.42 Å². The fourth-order valence-electron chi connectivity index (χ4n) is 0.504. The molecule has 2 heteroatoms. The largest absolute Gasteiger partial charge is 0.466 e. The molecule has 0 fully saturated rings. The molecule has 0 unspecified atom stereocenters. The lowest BCUT2D eigenvalue weighted by Gasteiger charge is -1.95. The van der Waals surface area contributed by atoms with Crippen LogP contribution >= 0.6 is 0 Å². The number of rotatable bonds is 3. The van der Waals surface area contributed by atoms with E-state index < -0.39 is 0 Å². The molecule has 0 aliphatic carbocycles. The summed E-state index contributed by atoms with van der Waals surface area (Å²) in [6.45, 7) is 4.20. The first kappa shape index (κ1) is 9.21. The average molecular weight is 142 g/mol. The quantitative estimate of drug-likeness (QED) is 0.443. The van der Waals surface area contributed by atoms with Gasteiger partial charge in [0.2, 0.25) is 0 Å². The van der Waals surface area contributed by atoms with Crippen LogP contribution in [-0.4, -0.2) is 13.1 Å². The first-order chi connectivity index (χ1) is 4.66. The van der Waals surface area contributed by atoms with Crippen molar-refractivity contribution in [3.05, 3.63) is 12.2 Å². The van der Waals surface area contributed by atoms with Gasteiger partial charge in [0.05, 0.1) is 7.11 Å². The highest BCUT2D eigenvalue weighted by Crippen LogP contribution is 1.99. The van der Waals surface area contributed by atoms with Crippen LogP contribution < -0.4 is 0 Å². The topological polar surface area (TPSA) is 26.3 Å². The van der Waals surface area contributed by atoms with Gasteiger partial charge in [-0.25, -0.2) is 4.79 Å². The second kappa shape index (κ2) is 5.03. The monoisotopic (exact) mass is 142 g/mol. The fraction of sp³-hybridized carbons (Fsp3) is 0.625. The summed E-state index contributed by atoms with van der Waals surface area (Å²) in [5.74, 6) is 0.321. The van der Waals surface area contributed by atoms with Gasteiger partial charge < -0.3 is 4.74 Å². The lowest BCUT2D eigenvalue weighted by Crippen LogP contribution is -1.94. The second-order valence-electron chi connectivity index (χ2n) is 2.56. The van der Waals surface area contributed by atoms with E-state index in [-0.39, 0.29) is 5.97 Å². The number of carbonyl (C=O) groups excluding carboxylic acids is 1. The zero-order valence-corrected chi connectivity index (χ0v) is 6.76. The molecule has 0 aliphatic rings. The first-order valence-corrected chi connectivity index (χ1v) is 3.41. The summed E-state index contributed by atoms with van der Waals surface area (Å²) in [4.78, 5) is 10.5. The van der Waals surface area contributed by atoms with Crippen molar-refractivity contribution in [1.29, 1.82) is 0 Å². The van der Waals surface area contributed by atoms with Crippen molar-refractivity contribution < 1.29 is 9.53 Å². The lowest BCUT2D eigenvalue weighted by molar-refractivity contribution is -0.134. The van der Waals surface area contributed by atoms with E-state index in [0.29, 0.717) is 5.92 Å². The van der Waals surface area contributed by atoms with E-state index in [9.17, 15) is 4.79 Å². The molecule has 10 heavy (non-hydrogen) atoms. The van der Waals surface area contributed by atoms with Crippen molar-refractivity contribution in [2.75, 3.05) is 7.11 Å². The van der Waals surface area contributed by atoms with E-state index in [1.165, 1.54) is 13.2 Å². The Morgan fingerprint density at radius 1 is 1.60 bits per heavy atom. The molecule has 58 valence electrons. The predicted octanol–water partition coefficient (Wildman–Crippen LogP) is 1.76. The molecule has 0 radical (unpaired) electrons. The van der Waals surface area contributed by atoms with E-state index >= 15 is 0 Å². The van der Waals surface area contributed by atoms with Gasteiger partial charge in [-0.3, -0.25) is 0 Å². The Morgan fingerprint density at radius 3 is 2.60 bits per heavy atom. The lowest BCUT2D eigenvalue weighted by atomic mass is 10.1. The molecule has 0 saturated heterocycles. The molecule has 0 amide bonds. The normalized spacial score (nSPS) is 10.8. The van der Waals surface area contributed by atoms with Crippen LogP contribution in [0.15, 0.2) is 12.2 Å². The molecule has 0 aromatic carbocycles. The molecule has 0 aliphatic heterocycles. The van der Waals surface area contributed by atoms with Crippen molar-refractivity contribution >= 4 is 5.97 Å². The molecule has 0 heterocycles. The summed E-state index contributed by atoms with van der Waals surface area (Å²) in [6.07, 6.45) is 4.21. The van der Waals surface area contributed by atoms with Crippen molar-refractivity contribution in [2.24, 2.45) is 5.92 Å². The Bertz CT molecular complexity index is 125. The average Bonchev–Trinajstić information content (AvgIpc) is 1.87. The third kappa shape index (κ3) is 5.35. The highest BCUT2D eigenvalue weighted by Gasteiger charge is 1.91. The number of methoxy groups -OCH3 is 1. The number of carbonyl (C=O) groups is 1. The SMILES string of the molecule is COC(=O)C=CCC(C)C. The Balaban J connectivity index is 3.46. The fourth-order valence-corrected chi connectivity index (χ4v) is 0.504. The maximum atomic E-state index is 10.5. The summed E-state index contributed by atoms with van der Waals surface area (Å²) in [7, 11) is 1.38. The summed E-state index contributed by atoms with van der Waals surface area (Å²) in [5.41, 5.74) is 0. The predicted molar refractivity (Wildman–Crippen MR) is 40.6 cm³/mol. The Kier molecular flexibility index (Phi) is 4.63. The van der Waals surface area contributed by atoms with Gasteiger partial charge in [-0.2, -0.15) is 0 Å². The minimum absolute atomic E-state index is 0.277. The summed E-state index contributed by atoms with van der Waals surface area (Å²) >= 11 is 0. The van der Waals surface area contributed by atoms with Crippen molar-refractivity contribution in [3.8, 4) is 0 Å². The van der Waals surface area contributed by atoms with E-state index in [2.05, 4.69) is 18.6 Å². The smallest absolute Gasteiger partial charge is 0.330 e. The molecular formula is C8H14O2. The van der Waals surface area contributed by atoms with Gasteiger partial charge >= 0.3 is 5.97 Å². The Labute approximate surface area is 61.9 Å². The number of esters is 1. The third-order valence-corrected chi connectivity index (χ3v) is 1.06. The second-order valence-corrected chi connectivity index (χ2v) is 2.56. The van der Waals surface area contributed by atoms with E-state index in [1.54, 1.807) is 0 Å². The van der Waals surface area contributed by atoms with Crippen LogP contribution in [0.1, 0.15) is 20.3 Å². The molecule has 0 N–H and O–H groups in total. The highest BCUT2D eigenvalue weighted by molar-refractivity contribution is 5.81. The number of ether oxygens (including phenoxy) is 1. The minimum Gasteiger partial charge on any atom is -0.466 e. The van der Waals surface area contributed by atoms with Crippen LogP contribution in [0.25, 0.3) is 0 Å². The van der Waals surface area contributed by atoms with Gasteiger partial charge in [0.15, 0.2) is 0 Å². The van der Waals surface area contributed by atoms with E-state index in [4.69, 9.17) is 0 Å². The van der Waals surface area contributed by atoms with Crippen molar-refractivity contribution in [3.63, 3.8) is 0 Å². The highest BCUT2D eigenvalue weighted by atomic mass is 16.5. The Morgan fingerprint density at radius 2 is 2.20 bits per heavy atom. The first-order valence-electron chi connectivity index (χ1n) is 3.41. The Hall–Kier alpha value is -0.790. The summed E-state index contributed by atoms with van der Waals surface area (Å²) < 4.78 is 4.41. The summed E-state index contributed by atoms with van der Waals surface area (Å²) in [5, 5.41) is 0. The molecule has 0 bridgehead atoms. The van der Waals surface area contributed by atoms with Crippen molar-refractivity contribution in [2.45, 2.75) is 20.3 Å². The van der Waals surface area contributed by atoms with Crippen LogP contribution in [0.4, 0.5) is 0 Å². The maximum absolute atomic E-state index is 10.5. The zero-order valence-electron chi connectivity index (χ0n) is 6.76. The van der Waals surface area contributed by atoms with Crippen LogP contribution in [0, 0.1) is 5.92 Å². The third-order valence-electron chi connectivity index (χ3n) is 1.06. The molecule has 0 spiro atoms. The molecule has 0 rings (SSSR count). The zero-order chi connectivity index (χ0) is 7.98. The maximum Gasteiger partial charge on any atom is 0.330 e.